The molecule has 0 saturated carbocycles. The van der Waals surface area contributed by atoms with Gasteiger partial charge in [0, 0.05) is 0 Å². The van der Waals surface area contributed by atoms with Crippen LogP contribution < -0.4 is 5.32 Å². The van der Waals surface area contributed by atoms with Gasteiger partial charge in [-0.25, -0.2) is 10.1 Å². The van der Waals surface area contributed by atoms with E-state index in [4.69, 9.17) is 0 Å². The number of hydrogen-bond acceptors (Lipinski definition) is 2. The van der Waals surface area contributed by atoms with Crippen LogP contribution in [0.3, 0.4) is 0 Å². The predicted octanol–water partition coefficient (Wildman–Crippen LogP) is -0.259. The van der Waals surface area contributed by atoms with Crippen LogP contribution in [0.4, 0.5) is 4.79 Å². The summed E-state index contributed by atoms with van der Waals surface area (Å²) in [7, 11) is 0. The van der Waals surface area contributed by atoms with Gasteiger partial charge in [0.25, 0.3) is 0 Å². The number of carbonyl (C=O) groups is 1. The molecule has 0 spiro atoms. The van der Waals surface area contributed by atoms with Gasteiger partial charge in [0.2, 0.25) is 0 Å². The molecule has 0 N–H and O–H groups in total. The quantitative estimate of drug-likeness (QED) is 0.407. The van der Waals surface area contributed by atoms with E-state index < -0.39 is 6.09 Å². The first-order chi connectivity index (χ1) is 2.89. The number of nitrogens with zero attached hydrogens (tertiary/aromatic N) is 1. The second-order valence-corrected chi connectivity index (χ2v) is 0.996. The van der Waals surface area contributed by atoms with E-state index in [1.165, 1.54) is 0 Å². The normalized spacial score (nSPS) is 19.7. The number of amides is 1. The maximum atomic E-state index is 9.85. The van der Waals surface area contributed by atoms with Crippen molar-refractivity contribution in [3.8, 4) is 0 Å². The molecule has 0 bridgehead atoms. The van der Waals surface area contributed by atoms with Crippen LogP contribution in [0.2, 0.25) is 0 Å². The van der Waals surface area contributed by atoms with Crippen molar-refractivity contribution in [3.05, 3.63) is 0 Å². The Bertz CT molecular complexity index is 63.2. The molecule has 6 heavy (non-hydrogen) atoms. The molecule has 1 rings (SSSR count). The summed E-state index contributed by atoms with van der Waals surface area (Å²) in [6.45, 7) is 1.01. The van der Waals surface area contributed by atoms with E-state index in [1.54, 1.807) is 0 Å². The monoisotopic (exact) mass is 86.0 g/mol. The van der Waals surface area contributed by atoms with Gasteiger partial charge in [-0.05, 0) is 0 Å². The zero-order valence-electron chi connectivity index (χ0n) is 3.18. The molecule has 3 nitrogen and oxygen atoms in total. The topological polar surface area (TPSA) is 40.4 Å². The third-order valence-electron chi connectivity index (χ3n) is 0.558. The molecule has 3 heteroatoms. The smallest absolute Gasteiger partial charge is 0.429 e. The van der Waals surface area contributed by atoms with Gasteiger partial charge in [-0.2, -0.15) is 0 Å². The largest absolute Gasteiger partial charge is 0.446 e. The van der Waals surface area contributed by atoms with Gasteiger partial charge in [-0.15, -0.1) is 0 Å². The lowest BCUT2D eigenvalue weighted by Crippen LogP contribution is -2.01. The Kier molecular flexibility index (Phi) is 0.670. The minimum Gasteiger partial charge on any atom is -0.446 e. The molecule has 0 aromatic heterocycles. The molecule has 1 saturated heterocycles. The lowest BCUT2D eigenvalue weighted by Gasteiger charge is -1.78. The SMILES string of the molecule is O=C1[N]CCO1. The molecule has 0 unspecified atom stereocenters. The molecule has 1 fully saturated rings. The van der Waals surface area contributed by atoms with Crippen molar-refractivity contribution < 1.29 is 9.53 Å². The van der Waals surface area contributed by atoms with Gasteiger partial charge in [0.05, 0.1) is 6.54 Å². The van der Waals surface area contributed by atoms with Crippen LogP contribution in [-0.2, 0) is 4.74 Å². The van der Waals surface area contributed by atoms with Crippen LogP contribution in [0, 0.1) is 0 Å². The highest BCUT2D eigenvalue weighted by Gasteiger charge is 2.09. The van der Waals surface area contributed by atoms with E-state index in [-0.39, 0.29) is 0 Å². The molecule has 1 amide bonds. The lowest BCUT2D eigenvalue weighted by molar-refractivity contribution is 0.178. The molecule has 1 heterocycles. The number of ether oxygens (including phenoxy) is 1. The highest BCUT2D eigenvalue weighted by atomic mass is 16.6. The Morgan fingerprint density at radius 2 is 2.67 bits per heavy atom. The summed E-state index contributed by atoms with van der Waals surface area (Å²) in [6.07, 6.45) is -0.421. The fraction of sp³-hybridized carbons (Fsp3) is 0.667. The number of cyclic esters (lactones) is 1. The molecular formula is C3H4NO2. The molecule has 1 aliphatic rings. The molecular weight excluding hydrogens is 82.0 g/mol. The van der Waals surface area contributed by atoms with Crippen molar-refractivity contribution in [2.24, 2.45) is 0 Å². The second-order valence-electron chi connectivity index (χ2n) is 0.996. The van der Waals surface area contributed by atoms with E-state index in [0.717, 1.165) is 0 Å². The molecule has 0 aromatic carbocycles. The van der Waals surface area contributed by atoms with Crippen LogP contribution in [0.25, 0.3) is 0 Å². The summed E-state index contributed by atoms with van der Waals surface area (Å²) < 4.78 is 4.35. The Morgan fingerprint density at radius 1 is 1.83 bits per heavy atom. The Balaban J connectivity index is 2.37. The number of rotatable bonds is 0. The molecule has 33 valence electrons. The van der Waals surface area contributed by atoms with Crippen molar-refractivity contribution in [1.29, 1.82) is 0 Å². The van der Waals surface area contributed by atoms with Gasteiger partial charge < -0.3 is 4.74 Å². The van der Waals surface area contributed by atoms with Crippen LogP contribution in [-0.4, -0.2) is 19.2 Å². The maximum absolute atomic E-state index is 9.85. The third kappa shape index (κ3) is 0.429. The maximum Gasteiger partial charge on any atom is 0.429 e. The molecule has 0 atom stereocenters. The first kappa shape index (κ1) is 3.46. The standard InChI is InChI=1S/C3H4NO2/c5-3-4-1-2-6-3/h1-2H2. The average Bonchev–Trinajstić information content (AvgIpc) is 1.86. The zero-order valence-corrected chi connectivity index (χ0v) is 3.18. The van der Waals surface area contributed by atoms with Gasteiger partial charge in [0.15, 0.2) is 0 Å². The summed E-state index contributed by atoms with van der Waals surface area (Å²) in [5, 5.41) is 3.38. The Hall–Kier alpha value is -0.730. The third-order valence-corrected chi connectivity index (χ3v) is 0.558. The first-order valence-electron chi connectivity index (χ1n) is 1.74. The van der Waals surface area contributed by atoms with Crippen LogP contribution in [0.1, 0.15) is 0 Å². The molecule has 0 aromatic rings. The van der Waals surface area contributed by atoms with Crippen LogP contribution >= 0.6 is 0 Å². The van der Waals surface area contributed by atoms with Gasteiger partial charge in [-0.1, -0.05) is 0 Å². The number of carbonyl (C=O) groups excluding carboxylic acids is 1. The summed E-state index contributed by atoms with van der Waals surface area (Å²) in [5.41, 5.74) is 0. The van der Waals surface area contributed by atoms with Crippen molar-refractivity contribution in [2.45, 2.75) is 0 Å². The van der Waals surface area contributed by atoms with Crippen LogP contribution in [0.15, 0.2) is 0 Å². The van der Waals surface area contributed by atoms with E-state index in [2.05, 4.69) is 10.1 Å². The van der Waals surface area contributed by atoms with E-state index in [1.807, 2.05) is 0 Å². The minimum atomic E-state index is -0.421. The Morgan fingerprint density at radius 3 is 2.83 bits per heavy atom. The zero-order chi connectivity index (χ0) is 4.41. The fourth-order valence-electron chi connectivity index (χ4n) is 0.316. The summed E-state index contributed by atoms with van der Waals surface area (Å²) in [6, 6.07) is 0. The van der Waals surface area contributed by atoms with Crippen molar-refractivity contribution in [2.75, 3.05) is 13.2 Å². The van der Waals surface area contributed by atoms with E-state index >= 15 is 0 Å². The summed E-state index contributed by atoms with van der Waals surface area (Å²) in [4.78, 5) is 9.85. The van der Waals surface area contributed by atoms with Crippen molar-refractivity contribution in [1.82, 2.24) is 5.32 Å². The summed E-state index contributed by atoms with van der Waals surface area (Å²) >= 11 is 0. The van der Waals surface area contributed by atoms with Gasteiger partial charge in [-0.3, -0.25) is 0 Å². The highest BCUT2D eigenvalue weighted by molar-refractivity contribution is 5.68. The van der Waals surface area contributed by atoms with Gasteiger partial charge >= 0.3 is 6.09 Å². The average molecular weight is 86.1 g/mol. The van der Waals surface area contributed by atoms with E-state index in [9.17, 15) is 4.79 Å². The fourth-order valence-corrected chi connectivity index (χ4v) is 0.316. The summed E-state index contributed by atoms with van der Waals surface area (Å²) in [5.74, 6) is 0. The van der Waals surface area contributed by atoms with Crippen molar-refractivity contribution >= 4 is 6.09 Å². The molecule has 0 aliphatic carbocycles. The van der Waals surface area contributed by atoms with Gasteiger partial charge in [0.1, 0.15) is 6.61 Å². The highest BCUT2D eigenvalue weighted by Crippen LogP contribution is 1.85. The molecule has 1 radical (unpaired) electrons. The lowest BCUT2D eigenvalue weighted by atomic mass is 10.7. The first-order valence-corrected chi connectivity index (χ1v) is 1.74. The van der Waals surface area contributed by atoms with E-state index in [0.29, 0.717) is 13.2 Å². The second kappa shape index (κ2) is 1.16. The number of hydrogen-bond donors (Lipinski definition) is 0. The van der Waals surface area contributed by atoms with Crippen molar-refractivity contribution in [3.63, 3.8) is 0 Å². The Labute approximate surface area is 35.3 Å². The predicted molar refractivity (Wildman–Crippen MR) is 18.3 cm³/mol. The van der Waals surface area contributed by atoms with Crippen LogP contribution in [0.5, 0.6) is 0 Å². The minimum absolute atomic E-state index is 0.421. The molecule has 1 aliphatic heterocycles.